The minimum Gasteiger partial charge on any atom is -0.462 e. The van der Waals surface area contributed by atoms with E-state index in [1.807, 2.05) is 0 Å². The van der Waals surface area contributed by atoms with E-state index in [1.165, 1.54) is 64.2 Å². The minimum absolute atomic E-state index is 0.0748. The number of allylic oxidation sites excluding steroid dienone is 16. The van der Waals surface area contributed by atoms with E-state index < -0.39 is 97.5 Å². The molecule has 0 heterocycles. The van der Waals surface area contributed by atoms with E-state index in [2.05, 4.69) is 125 Å². The normalized spacial score (nSPS) is 14.4. The number of aliphatic hydroxyl groups is 1. The van der Waals surface area contributed by atoms with Gasteiger partial charge in [-0.3, -0.25) is 37.3 Å². The Kier molecular flexibility index (Phi) is 70.4. The van der Waals surface area contributed by atoms with E-state index >= 15 is 0 Å². The van der Waals surface area contributed by atoms with Crippen LogP contribution in [0.4, 0.5) is 0 Å². The topological polar surface area (TPSA) is 237 Å². The molecule has 0 bridgehead atoms. The third kappa shape index (κ3) is 72.3. The summed E-state index contributed by atoms with van der Waals surface area (Å²) in [7, 11) is -9.96. The molecule has 17 nitrogen and oxygen atoms in total. The molecule has 0 spiro atoms. The number of esters is 4. The lowest BCUT2D eigenvalue weighted by Gasteiger charge is -2.21. The lowest BCUT2D eigenvalue weighted by atomic mass is 10.1. The van der Waals surface area contributed by atoms with Gasteiger partial charge in [-0.25, -0.2) is 9.13 Å². The molecule has 0 aromatic heterocycles. The summed E-state index contributed by atoms with van der Waals surface area (Å²) in [6.45, 7) is 4.66. The zero-order valence-electron chi connectivity index (χ0n) is 63.1. The van der Waals surface area contributed by atoms with Crippen molar-refractivity contribution >= 4 is 39.5 Å². The molecule has 0 aromatic carbocycles. The van der Waals surface area contributed by atoms with Crippen LogP contribution in [0.5, 0.6) is 0 Å². The standard InChI is InChI=1S/C81H142O17P2/c1-5-9-13-17-21-25-29-33-35-36-37-38-40-44-46-50-54-58-62-66-79(84)92-72-77(98-81(86)68-64-60-56-52-48-42-32-28-24-20-16-12-8-4)74-96-100(89,90)94-70-75(82)69-93-99(87,88)95-73-76(97-80(85)67-63-59-55-51-47-41-31-27-23-19-15-11-7-3)71-91-78(83)65-61-57-53-49-45-43-39-34-30-26-22-18-14-10-6-2/h9,13,16,20-21,25,27-28,31-35,37-39,75-77,82H,5-8,10-12,14-15,17-19,22-24,26,29-30,36,40-74H2,1-4H3,(H,87,88)(H,89,90)/b13-9-,20-16-,25-21-,31-27-,32-28-,35-33-,38-37-,39-34-. The Hall–Kier alpha value is -4.02. The summed E-state index contributed by atoms with van der Waals surface area (Å²) in [5.74, 6) is -2.21. The number of ether oxygens (including phenoxy) is 4. The Morgan fingerprint density at radius 1 is 0.290 bits per heavy atom. The summed E-state index contributed by atoms with van der Waals surface area (Å²) < 4.78 is 68.5. The van der Waals surface area contributed by atoms with Gasteiger partial charge in [0.15, 0.2) is 12.2 Å². The number of phosphoric acid groups is 2. The van der Waals surface area contributed by atoms with Crippen molar-refractivity contribution in [2.75, 3.05) is 39.6 Å². The molecule has 0 saturated heterocycles. The molecule has 5 atom stereocenters. The van der Waals surface area contributed by atoms with Crippen LogP contribution in [0, 0.1) is 0 Å². The molecule has 19 heteroatoms. The Morgan fingerprint density at radius 2 is 0.540 bits per heavy atom. The minimum atomic E-state index is -4.98. The van der Waals surface area contributed by atoms with Gasteiger partial charge in [0.25, 0.3) is 0 Å². The zero-order valence-corrected chi connectivity index (χ0v) is 64.9. The number of hydrogen-bond acceptors (Lipinski definition) is 15. The molecule has 578 valence electrons. The molecular formula is C81H142O17P2. The maximum Gasteiger partial charge on any atom is 0.472 e. The highest BCUT2D eigenvalue weighted by Crippen LogP contribution is 2.45. The van der Waals surface area contributed by atoms with E-state index in [1.54, 1.807) is 0 Å². The first-order valence-corrected chi connectivity index (χ1v) is 42.5. The van der Waals surface area contributed by atoms with Crippen molar-refractivity contribution in [3.05, 3.63) is 97.2 Å². The fraction of sp³-hybridized carbons (Fsp3) is 0.753. The third-order valence-electron chi connectivity index (χ3n) is 16.5. The number of rotatable bonds is 74. The molecule has 0 radical (unpaired) electrons. The van der Waals surface area contributed by atoms with E-state index in [0.717, 1.165) is 193 Å². The Morgan fingerprint density at radius 3 is 0.860 bits per heavy atom. The molecule has 0 rings (SSSR count). The number of carbonyl (C=O) groups excluding carboxylic acids is 4. The van der Waals surface area contributed by atoms with Crippen LogP contribution >= 0.6 is 15.6 Å². The summed E-state index contributed by atoms with van der Waals surface area (Å²) >= 11 is 0. The van der Waals surface area contributed by atoms with Gasteiger partial charge in [0, 0.05) is 25.7 Å². The van der Waals surface area contributed by atoms with Crippen molar-refractivity contribution in [3.63, 3.8) is 0 Å². The van der Waals surface area contributed by atoms with Crippen molar-refractivity contribution in [1.82, 2.24) is 0 Å². The van der Waals surface area contributed by atoms with Gasteiger partial charge in [0.05, 0.1) is 26.4 Å². The Balaban J connectivity index is 5.34. The first-order chi connectivity index (χ1) is 48.7. The zero-order chi connectivity index (χ0) is 73.2. The third-order valence-corrected chi connectivity index (χ3v) is 18.4. The average Bonchev–Trinajstić information content (AvgIpc) is 0.935. The van der Waals surface area contributed by atoms with Crippen molar-refractivity contribution < 1.29 is 80.2 Å². The van der Waals surface area contributed by atoms with E-state index in [-0.39, 0.29) is 25.7 Å². The van der Waals surface area contributed by atoms with Crippen LogP contribution in [0.1, 0.15) is 336 Å². The van der Waals surface area contributed by atoms with E-state index in [0.29, 0.717) is 25.7 Å². The van der Waals surface area contributed by atoms with Gasteiger partial charge in [-0.1, -0.05) is 266 Å². The van der Waals surface area contributed by atoms with Crippen LogP contribution in [-0.2, 0) is 65.4 Å². The number of hydrogen-bond donors (Lipinski definition) is 3. The van der Waals surface area contributed by atoms with Crippen molar-refractivity contribution in [2.24, 2.45) is 0 Å². The number of unbranched alkanes of at least 4 members (excludes halogenated alkanes) is 32. The van der Waals surface area contributed by atoms with Crippen LogP contribution in [-0.4, -0.2) is 96.7 Å². The molecule has 0 aliphatic carbocycles. The largest absolute Gasteiger partial charge is 0.472 e. The molecule has 0 aliphatic heterocycles. The fourth-order valence-electron chi connectivity index (χ4n) is 10.5. The molecule has 3 N–H and O–H groups in total. The molecular weight excluding hydrogens is 1310 g/mol. The summed E-state index contributed by atoms with van der Waals surface area (Å²) in [5, 5.41) is 10.6. The van der Waals surface area contributed by atoms with Gasteiger partial charge in [-0.2, -0.15) is 0 Å². The van der Waals surface area contributed by atoms with Gasteiger partial charge in [0.2, 0.25) is 0 Å². The SMILES string of the molecule is CC/C=C\C/C=C\C/C=C\C/C=C\CCCCCCCCC(=O)OCC(COP(=O)(O)OCC(O)COP(=O)(O)OCC(COC(=O)CCCCCCC/C=C\CCCCCCCC)OC(=O)CCCCCCC/C=C\CCCCCC)OC(=O)CCCCCCC/C=C\C/C=C\CCC. The molecule has 100 heavy (non-hydrogen) atoms. The summed E-state index contributed by atoms with van der Waals surface area (Å²) in [5.41, 5.74) is 0. The van der Waals surface area contributed by atoms with Crippen LogP contribution in [0.15, 0.2) is 97.2 Å². The monoisotopic (exact) mass is 1450 g/mol. The van der Waals surface area contributed by atoms with Gasteiger partial charge in [0.1, 0.15) is 19.3 Å². The van der Waals surface area contributed by atoms with Crippen molar-refractivity contribution in [1.29, 1.82) is 0 Å². The molecule has 0 aromatic rings. The lowest BCUT2D eigenvalue weighted by molar-refractivity contribution is -0.161. The van der Waals surface area contributed by atoms with Crippen LogP contribution in [0.25, 0.3) is 0 Å². The predicted molar refractivity (Wildman–Crippen MR) is 409 cm³/mol. The quantitative estimate of drug-likeness (QED) is 0.0169. The molecule has 0 amide bonds. The van der Waals surface area contributed by atoms with Crippen LogP contribution < -0.4 is 0 Å². The number of phosphoric ester groups is 2. The van der Waals surface area contributed by atoms with Gasteiger partial charge in [-0.15, -0.1) is 0 Å². The van der Waals surface area contributed by atoms with Gasteiger partial charge >= 0.3 is 39.5 Å². The summed E-state index contributed by atoms with van der Waals surface area (Å²) in [4.78, 5) is 72.9. The maximum atomic E-state index is 13.1. The smallest absolute Gasteiger partial charge is 0.462 e. The second-order valence-corrected chi connectivity index (χ2v) is 29.2. The highest BCUT2D eigenvalue weighted by molar-refractivity contribution is 7.47. The van der Waals surface area contributed by atoms with E-state index in [4.69, 9.17) is 37.0 Å². The van der Waals surface area contributed by atoms with Crippen molar-refractivity contribution in [2.45, 2.75) is 354 Å². The van der Waals surface area contributed by atoms with Gasteiger partial charge in [-0.05, 0) is 141 Å². The fourth-order valence-corrected chi connectivity index (χ4v) is 12.1. The Labute approximate surface area is 607 Å². The molecule has 0 saturated carbocycles. The lowest BCUT2D eigenvalue weighted by Crippen LogP contribution is -2.30. The van der Waals surface area contributed by atoms with E-state index in [9.17, 15) is 43.2 Å². The highest BCUT2D eigenvalue weighted by Gasteiger charge is 2.30. The van der Waals surface area contributed by atoms with Crippen LogP contribution in [0.2, 0.25) is 0 Å². The number of aliphatic hydroxyl groups excluding tert-OH is 1. The predicted octanol–water partition coefficient (Wildman–Crippen LogP) is 22.8. The Bertz CT molecular complexity index is 2270. The number of carbonyl (C=O) groups is 4. The second-order valence-electron chi connectivity index (χ2n) is 26.3. The maximum absolute atomic E-state index is 13.1. The highest BCUT2D eigenvalue weighted by atomic mass is 31.2. The van der Waals surface area contributed by atoms with Crippen LogP contribution in [0.3, 0.4) is 0 Å². The molecule has 5 unspecified atom stereocenters. The molecule has 0 aliphatic rings. The summed E-state index contributed by atoms with van der Waals surface area (Å²) in [6.07, 6.45) is 76.7. The first-order valence-electron chi connectivity index (χ1n) is 39.5. The van der Waals surface area contributed by atoms with Crippen molar-refractivity contribution in [3.8, 4) is 0 Å². The second kappa shape index (κ2) is 73.3. The first kappa shape index (κ1) is 96.0. The average molecular weight is 1450 g/mol. The van der Waals surface area contributed by atoms with Gasteiger partial charge < -0.3 is 33.8 Å². The summed E-state index contributed by atoms with van der Waals surface area (Å²) in [6, 6.07) is 0. The molecule has 0 fully saturated rings.